The SMILES string of the molecule is COc1cccc(COc2cc(C)c3c(c2)O/C(=C\c2cccc(F)c2)C3=O)c1. The number of ketones is 1. The summed E-state index contributed by atoms with van der Waals surface area (Å²) in [5.74, 6) is 1.38. The molecule has 4 nitrogen and oxygen atoms in total. The molecule has 29 heavy (non-hydrogen) atoms. The average Bonchev–Trinajstić information content (AvgIpc) is 3.02. The third-order valence-corrected chi connectivity index (χ3v) is 4.63. The van der Waals surface area contributed by atoms with Gasteiger partial charge in [-0.2, -0.15) is 0 Å². The minimum atomic E-state index is -0.369. The number of carbonyl (C=O) groups is 1. The molecular formula is C24H19FO4. The summed E-state index contributed by atoms with van der Waals surface area (Å²) in [7, 11) is 1.62. The summed E-state index contributed by atoms with van der Waals surface area (Å²) in [5.41, 5.74) is 2.79. The predicted molar refractivity (Wildman–Crippen MR) is 108 cm³/mol. The number of fused-ring (bicyclic) bond motifs is 1. The first-order valence-corrected chi connectivity index (χ1v) is 9.13. The van der Waals surface area contributed by atoms with E-state index in [9.17, 15) is 9.18 Å². The first-order chi connectivity index (χ1) is 14.0. The maximum absolute atomic E-state index is 13.4. The highest BCUT2D eigenvalue weighted by Gasteiger charge is 2.30. The molecule has 0 amide bonds. The molecule has 3 aromatic rings. The fourth-order valence-electron chi connectivity index (χ4n) is 3.24. The molecule has 0 unspecified atom stereocenters. The molecule has 0 bridgehead atoms. The van der Waals surface area contributed by atoms with E-state index < -0.39 is 0 Å². The number of carbonyl (C=O) groups excluding carboxylic acids is 1. The summed E-state index contributed by atoms with van der Waals surface area (Å²) in [4.78, 5) is 12.7. The molecule has 0 aromatic heterocycles. The Labute approximate surface area is 168 Å². The molecule has 1 aliphatic heterocycles. The summed E-state index contributed by atoms with van der Waals surface area (Å²) in [6.07, 6.45) is 1.54. The van der Waals surface area contributed by atoms with Crippen LogP contribution < -0.4 is 14.2 Å². The zero-order chi connectivity index (χ0) is 20.4. The van der Waals surface area contributed by atoms with E-state index in [2.05, 4.69) is 0 Å². The zero-order valence-electron chi connectivity index (χ0n) is 16.1. The standard InChI is InChI=1S/C24H19FO4/c1-15-9-20(28-14-17-6-4-8-19(11-17)27-2)13-21-23(15)24(26)22(29-21)12-16-5-3-7-18(25)10-16/h3-13H,14H2,1-2H3/b22-12-. The molecule has 3 aromatic carbocycles. The topological polar surface area (TPSA) is 44.8 Å². The van der Waals surface area contributed by atoms with Crippen molar-refractivity contribution in [3.63, 3.8) is 0 Å². The van der Waals surface area contributed by atoms with Crippen LogP contribution in [0.4, 0.5) is 4.39 Å². The number of ether oxygens (including phenoxy) is 3. The van der Waals surface area contributed by atoms with E-state index in [1.807, 2.05) is 37.3 Å². The van der Waals surface area contributed by atoms with Crippen molar-refractivity contribution >= 4 is 11.9 Å². The van der Waals surface area contributed by atoms with E-state index in [1.54, 1.807) is 31.4 Å². The van der Waals surface area contributed by atoms with Crippen LogP contribution in [-0.2, 0) is 6.61 Å². The van der Waals surface area contributed by atoms with E-state index in [4.69, 9.17) is 14.2 Å². The van der Waals surface area contributed by atoms with Gasteiger partial charge in [0, 0.05) is 6.07 Å². The Kier molecular flexibility index (Phi) is 5.04. The van der Waals surface area contributed by atoms with Crippen molar-refractivity contribution in [2.24, 2.45) is 0 Å². The molecule has 0 saturated carbocycles. The Morgan fingerprint density at radius 1 is 1.03 bits per heavy atom. The third kappa shape index (κ3) is 3.99. The first kappa shape index (κ1) is 18.7. The summed E-state index contributed by atoms with van der Waals surface area (Å²) in [6, 6.07) is 17.1. The van der Waals surface area contributed by atoms with Gasteiger partial charge in [-0.05, 0) is 60.0 Å². The van der Waals surface area contributed by atoms with Gasteiger partial charge in [0.05, 0.1) is 12.7 Å². The smallest absolute Gasteiger partial charge is 0.232 e. The maximum Gasteiger partial charge on any atom is 0.232 e. The van der Waals surface area contributed by atoms with Crippen molar-refractivity contribution in [1.29, 1.82) is 0 Å². The van der Waals surface area contributed by atoms with Crippen molar-refractivity contribution in [2.45, 2.75) is 13.5 Å². The number of rotatable bonds is 5. The van der Waals surface area contributed by atoms with Crippen LogP contribution >= 0.6 is 0 Å². The number of hydrogen-bond donors (Lipinski definition) is 0. The van der Waals surface area contributed by atoms with Crippen molar-refractivity contribution in [3.05, 3.63) is 94.5 Å². The molecule has 0 N–H and O–H groups in total. The van der Waals surface area contributed by atoms with Gasteiger partial charge in [-0.1, -0.05) is 24.3 Å². The number of aryl methyl sites for hydroxylation is 1. The van der Waals surface area contributed by atoms with Crippen molar-refractivity contribution in [1.82, 2.24) is 0 Å². The van der Waals surface area contributed by atoms with Crippen LogP contribution in [0.1, 0.15) is 27.0 Å². The van der Waals surface area contributed by atoms with Crippen LogP contribution in [0.25, 0.3) is 6.08 Å². The largest absolute Gasteiger partial charge is 0.497 e. The quantitative estimate of drug-likeness (QED) is 0.552. The highest BCUT2D eigenvalue weighted by Crippen LogP contribution is 2.37. The molecule has 1 aliphatic rings. The minimum absolute atomic E-state index is 0.165. The van der Waals surface area contributed by atoms with Gasteiger partial charge in [0.25, 0.3) is 0 Å². The van der Waals surface area contributed by atoms with Gasteiger partial charge in [0.2, 0.25) is 5.78 Å². The fourth-order valence-corrected chi connectivity index (χ4v) is 3.24. The average molecular weight is 390 g/mol. The Bertz CT molecular complexity index is 1120. The van der Waals surface area contributed by atoms with Crippen LogP contribution in [0.5, 0.6) is 17.2 Å². The first-order valence-electron chi connectivity index (χ1n) is 9.13. The molecule has 0 radical (unpaired) electrons. The van der Waals surface area contributed by atoms with E-state index in [0.717, 1.165) is 16.9 Å². The monoisotopic (exact) mass is 390 g/mol. The Hall–Kier alpha value is -3.60. The lowest BCUT2D eigenvalue weighted by Crippen LogP contribution is -2.00. The lowest BCUT2D eigenvalue weighted by Gasteiger charge is -2.10. The Morgan fingerprint density at radius 2 is 1.86 bits per heavy atom. The van der Waals surface area contributed by atoms with Crippen molar-refractivity contribution in [3.8, 4) is 17.2 Å². The van der Waals surface area contributed by atoms with Crippen molar-refractivity contribution in [2.75, 3.05) is 7.11 Å². The molecule has 1 heterocycles. The molecule has 0 spiro atoms. The second-order valence-corrected chi connectivity index (χ2v) is 6.75. The van der Waals surface area contributed by atoms with Crippen LogP contribution in [0.15, 0.2) is 66.4 Å². The second-order valence-electron chi connectivity index (χ2n) is 6.75. The van der Waals surface area contributed by atoms with Crippen LogP contribution in [0, 0.1) is 12.7 Å². The molecule has 0 atom stereocenters. The van der Waals surface area contributed by atoms with Gasteiger partial charge >= 0.3 is 0 Å². The van der Waals surface area contributed by atoms with Gasteiger partial charge in [-0.3, -0.25) is 4.79 Å². The van der Waals surface area contributed by atoms with Gasteiger partial charge < -0.3 is 14.2 Å². The number of allylic oxidation sites excluding steroid dienone is 1. The molecule has 4 rings (SSSR count). The molecular weight excluding hydrogens is 371 g/mol. The van der Waals surface area contributed by atoms with Gasteiger partial charge in [0.1, 0.15) is 29.7 Å². The van der Waals surface area contributed by atoms with Gasteiger partial charge in [-0.15, -0.1) is 0 Å². The van der Waals surface area contributed by atoms with E-state index in [0.29, 0.717) is 29.2 Å². The summed E-state index contributed by atoms with van der Waals surface area (Å²) < 4.78 is 30.3. The fraction of sp³-hybridized carbons (Fsp3) is 0.125. The lowest BCUT2D eigenvalue weighted by molar-refractivity contribution is 0.101. The minimum Gasteiger partial charge on any atom is -0.497 e. The van der Waals surface area contributed by atoms with Crippen LogP contribution in [0.2, 0.25) is 0 Å². The molecule has 5 heteroatoms. The second kappa shape index (κ2) is 7.80. The molecule has 0 saturated heterocycles. The van der Waals surface area contributed by atoms with E-state index in [-0.39, 0.29) is 17.4 Å². The number of methoxy groups -OCH3 is 1. The highest BCUT2D eigenvalue weighted by molar-refractivity contribution is 6.15. The van der Waals surface area contributed by atoms with Crippen LogP contribution in [-0.4, -0.2) is 12.9 Å². The Balaban J connectivity index is 1.56. The summed E-state index contributed by atoms with van der Waals surface area (Å²) in [6.45, 7) is 2.19. The van der Waals surface area contributed by atoms with Crippen molar-refractivity contribution < 1.29 is 23.4 Å². The number of Topliss-reactive ketones (excluding diaryl/α,β-unsaturated/α-hetero) is 1. The molecule has 146 valence electrons. The number of benzene rings is 3. The molecule has 0 fully saturated rings. The van der Waals surface area contributed by atoms with E-state index >= 15 is 0 Å². The van der Waals surface area contributed by atoms with Gasteiger partial charge in [0.15, 0.2) is 5.76 Å². The summed E-state index contributed by atoms with van der Waals surface area (Å²) in [5, 5.41) is 0. The highest BCUT2D eigenvalue weighted by atomic mass is 19.1. The van der Waals surface area contributed by atoms with Gasteiger partial charge in [-0.25, -0.2) is 4.39 Å². The molecule has 0 aliphatic carbocycles. The van der Waals surface area contributed by atoms with E-state index in [1.165, 1.54) is 12.1 Å². The zero-order valence-corrected chi connectivity index (χ0v) is 16.1. The summed E-state index contributed by atoms with van der Waals surface area (Å²) >= 11 is 0. The number of hydrogen-bond acceptors (Lipinski definition) is 4. The normalized spacial score (nSPS) is 13.9. The third-order valence-electron chi connectivity index (χ3n) is 4.63. The lowest BCUT2D eigenvalue weighted by atomic mass is 10.0. The van der Waals surface area contributed by atoms with Crippen LogP contribution in [0.3, 0.4) is 0 Å². The predicted octanol–water partition coefficient (Wildman–Crippen LogP) is 5.34. The Morgan fingerprint density at radius 3 is 2.66 bits per heavy atom. The number of halogens is 1. The maximum atomic E-state index is 13.4.